The van der Waals surface area contributed by atoms with Crippen LogP contribution in [0.15, 0.2) is 12.1 Å². The molecule has 0 spiro atoms. The van der Waals surface area contributed by atoms with Gasteiger partial charge in [-0.25, -0.2) is 8.78 Å². The highest BCUT2D eigenvalue weighted by Gasteiger charge is 2.51. The molecule has 6 rings (SSSR count). The largest absolute Gasteiger partial charge is 0.347 e. The Hall–Kier alpha value is -1.73. The third kappa shape index (κ3) is 5.04. The zero-order valence-electron chi connectivity index (χ0n) is 18.9. The average Bonchev–Trinajstić information content (AvgIpc) is 2.75. The van der Waals surface area contributed by atoms with E-state index in [1.807, 2.05) is 4.90 Å². The molecule has 0 unspecified atom stereocenters. The molecular formula is C25H32ClF2N3O2. The van der Waals surface area contributed by atoms with Gasteiger partial charge in [0.25, 0.3) is 0 Å². The van der Waals surface area contributed by atoms with Crippen molar-refractivity contribution < 1.29 is 18.4 Å². The molecule has 0 aromatic heterocycles. The van der Waals surface area contributed by atoms with Crippen LogP contribution >= 0.6 is 11.6 Å². The maximum absolute atomic E-state index is 14.0. The first-order valence-corrected chi connectivity index (χ1v) is 12.6. The van der Waals surface area contributed by atoms with Gasteiger partial charge in [-0.2, -0.15) is 0 Å². The summed E-state index contributed by atoms with van der Waals surface area (Å²) in [5.74, 6) is 0.969. The van der Waals surface area contributed by atoms with Crippen LogP contribution in [0.25, 0.3) is 0 Å². The molecular weight excluding hydrogens is 448 g/mol. The number of benzene rings is 1. The summed E-state index contributed by atoms with van der Waals surface area (Å²) in [6.45, 7) is 2.55. The quantitative estimate of drug-likeness (QED) is 0.628. The first-order valence-electron chi connectivity index (χ1n) is 12.2. The minimum Gasteiger partial charge on any atom is -0.347 e. The van der Waals surface area contributed by atoms with E-state index in [-0.39, 0.29) is 28.8 Å². The molecule has 0 radical (unpaired) electrons. The fourth-order valence-electron chi connectivity index (χ4n) is 7.28. The number of hydrogen-bond acceptors (Lipinski definition) is 3. The molecule has 1 N–H and O–H groups in total. The maximum atomic E-state index is 14.0. The van der Waals surface area contributed by atoms with Gasteiger partial charge in [-0.3, -0.25) is 14.5 Å². The van der Waals surface area contributed by atoms with E-state index < -0.39 is 11.6 Å². The fourth-order valence-corrected chi connectivity index (χ4v) is 7.46. The van der Waals surface area contributed by atoms with Crippen LogP contribution in [0.2, 0.25) is 5.02 Å². The second-order valence-corrected chi connectivity index (χ2v) is 11.3. The predicted molar refractivity (Wildman–Crippen MR) is 121 cm³/mol. The standard InChI is InChI=1S/C25H32ClF2N3O2/c26-20-8-19(21(27)9-22(20)28)15-30-1-3-31(4-2-30)24(33)14-29-23(32)13-25-10-16-5-17(11-25)7-18(6-16)12-25/h8-9,16-18H,1-7,10-15H2,(H,29,32). The van der Waals surface area contributed by atoms with E-state index in [0.29, 0.717) is 44.7 Å². The molecule has 1 saturated heterocycles. The van der Waals surface area contributed by atoms with Crippen LogP contribution < -0.4 is 5.32 Å². The summed E-state index contributed by atoms with van der Waals surface area (Å²) in [6, 6.07) is 2.13. The van der Waals surface area contributed by atoms with Crippen molar-refractivity contribution in [1.29, 1.82) is 0 Å². The summed E-state index contributed by atoms with van der Waals surface area (Å²) in [6.07, 6.45) is 8.17. The van der Waals surface area contributed by atoms with Crippen LogP contribution in [0.4, 0.5) is 8.78 Å². The van der Waals surface area contributed by atoms with Gasteiger partial charge in [0.05, 0.1) is 11.6 Å². The Bertz CT molecular complexity index is 897. The van der Waals surface area contributed by atoms with Crippen LogP contribution in [0, 0.1) is 34.8 Å². The minimum absolute atomic E-state index is 0.00704. The van der Waals surface area contributed by atoms with E-state index in [1.165, 1.54) is 44.6 Å². The van der Waals surface area contributed by atoms with E-state index in [0.717, 1.165) is 23.8 Å². The van der Waals surface area contributed by atoms with Gasteiger partial charge in [-0.15, -0.1) is 0 Å². The zero-order chi connectivity index (χ0) is 23.2. The van der Waals surface area contributed by atoms with E-state index >= 15 is 0 Å². The van der Waals surface area contributed by atoms with E-state index in [1.54, 1.807) is 4.90 Å². The van der Waals surface area contributed by atoms with Crippen molar-refractivity contribution in [3.8, 4) is 0 Å². The van der Waals surface area contributed by atoms with Crippen molar-refractivity contribution in [3.05, 3.63) is 34.4 Å². The second-order valence-electron chi connectivity index (χ2n) is 10.9. The molecule has 33 heavy (non-hydrogen) atoms. The normalized spacial score (nSPS) is 31.1. The summed E-state index contributed by atoms with van der Waals surface area (Å²) in [5.41, 5.74) is 0.518. The number of halogens is 3. The summed E-state index contributed by atoms with van der Waals surface area (Å²) in [7, 11) is 0. The van der Waals surface area contributed by atoms with E-state index in [4.69, 9.17) is 11.6 Å². The van der Waals surface area contributed by atoms with Crippen molar-refractivity contribution in [2.75, 3.05) is 32.7 Å². The van der Waals surface area contributed by atoms with Crippen molar-refractivity contribution in [3.63, 3.8) is 0 Å². The maximum Gasteiger partial charge on any atom is 0.242 e. The number of amides is 2. The van der Waals surface area contributed by atoms with Gasteiger partial charge in [0.1, 0.15) is 11.6 Å². The molecule has 2 amide bonds. The number of nitrogens with one attached hydrogen (secondary N) is 1. The van der Waals surface area contributed by atoms with Gasteiger partial charge in [-0.05, 0) is 67.8 Å². The Morgan fingerprint density at radius 2 is 1.58 bits per heavy atom. The molecule has 1 aromatic carbocycles. The van der Waals surface area contributed by atoms with Gasteiger partial charge in [0.2, 0.25) is 11.8 Å². The highest BCUT2D eigenvalue weighted by atomic mass is 35.5. The predicted octanol–water partition coefficient (Wildman–Crippen LogP) is 3.99. The first-order chi connectivity index (χ1) is 15.8. The average molecular weight is 480 g/mol. The zero-order valence-corrected chi connectivity index (χ0v) is 19.7. The minimum atomic E-state index is -0.765. The number of rotatable bonds is 6. The Balaban J connectivity index is 1.06. The molecule has 8 heteroatoms. The summed E-state index contributed by atoms with van der Waals surface area (Å²) in [4.78, 5) is 29.1. The molecule has 180 valence electrons. The molecule has 4 aliphatic carbocycles. The van der Waals surface area contributed by atoms with Gasteiger partial charge in [0.15, 0.2) is 0 Å². The van der Waals surface area contributed by atoms with Crippen molar-refractivity contribution in [1.82, 2.24) is 15.1 Å². The molecule has 5 nitrogen and oxygen atoms in total. The van der Waals surface area contributed by atoms with Crippen molar-refractivity contribution in [2.45, 2.75) is 51.5 Å². The van der Waals surface area contributed by atoms with Crippen LogP contribution in [0.1, 0.15) is 50.5 Å². The smallest absolute Gasteiger partial charge is 0.242 e. The molecule has 0 atom stereocenters. The van der Waals surface area contributed by atoms with E-state index in [2.05, 4.69) is 5.32 Å². The van der Waals surface area contributed by atoms with Crippen molar-refractivity contribution in [2.24, 2.45) is 23.2 Å². The lowest BCUT2D eigenvalue weighted by molar-refractivity contribution is -0.136. The summed E-state index contributed by atoms with van der Waals surface area (Å²) < 4.78 is 27.4. The Morgan fingerprint density at radius 3 is 2.18 bits per heavy atom. The Labute approximate surface area is 198 Å². The summed E-state index contributed by atoms with van der Waals surface area (Å²) >= 11 is 5.78. The molecule has 1 aliphatic heterocycles. The SMILES string of the molecule is O=C(CC12CC3CC(CC(C3)C1)C2)NCC(=O)N1CCN(Cc2cc(Cl)c(F)cc2F)CC1. The number of carbonyl (C=O) groups excluding carboxylic acids is 2. The van der Waals surface area contributed by atoms with E-state index in [9.17, 15) is 18.4 Å². The lowest BCUT2D eigenvalue weighted by Gasteiger charge is -2.56. The van der Waals surface area contributed by atoms with Crippen LogP contribution in [-0.2, 0) is 16.1 Å². The third-order valence-corrected chi connectivity index (χ3v) is 8.64. The summed E-state index contributed by atoms with van der Waals surface area (Å²) in [5, 5.41) is 2.79. The van der Waals surface area contributed by atoms with Gasteiger partial charge >= 0.3 is 0 Å². The highest BCUT2D eigenvalue weighted by Crippen LogP contribution is 2.61. The number of hydrogen-bond donors (Lipinski definition) is 1. The molecule has 5 fully saturated rings. The Morgan fingerprint density at radius 1 is 0.970 bits per heavy atom. The number of carbonyl (C=O) groups is 2. The number of nitrogens with zero attached hydrogens (tertiary/aromatic N) is 2. The molecule has 4 bridgehead atoms. The second kappa shape index (κ2) is 9.14. The number of piperazine rings is 1. The first kappa shape index (κ1) is 23.0. The Kier molecular flexibility index (Phi) is 6.38. The molecule has 1 aromatic rings. The van der Waals surface area contributed by atoms with Gasteiger partial charge in [-0.1, -0.05) is 11.6 Å². The van der Waals surface area contributed by atoms with Crippen LogP contribution in [0.5, 0.6) is 0 Å². The monoisotopic (exact) mass is 479 g/mol. The lowest BCUT2D eigenvalue weighted by Crippen LogP contribution is -2.51. The molecule has 4 saturated carbocycles. The highest BCUT2D eigenvalue weighted by molar-refractivity contribution is 6.30. The third-order valence-electron chi connectivity index (χ3n) is 8.35. The molecule has 5 aliphatic rings. The van der Waals surface area contributed by atoms with Crippen LogP contribution in [-0.4, -0.2) is 54.3 Å². The topological polar surface area (TPSA) is 52.7 Å². The van der Waals surface area contributed by atoms with Crippen molar-refractivity contribution >= 4 is 23.4 Å². The molecule has 1 heterocycles. The lowest BCUT2D eigenvalue weighted by atomic mass is 9.49. The van der Waals surface area contributed by atoms with Gasteiger partial charge < -0.3 is 10.2 Å². The van der Waals surface area contributed by atoms with Crippen LogP contribution in [0.3, 0.4) is 0 Å². The fraction of sp³-hybridized carbons (Fsp3) is 0.680. The van der Waals surface area contributed by atoms with Gasteiger partial charge in [0, 0.05) is 50.8 Å².